The van der Waals surface area contributed by atoms with Crippen molar-refractivity contribution in [2.75, 3.05) is 17.2 Å². The highest BCUT2D eigenvalue weighted by atomic mass is 14.7. The van der Waals surface area contributed by atoms with Gasteiger partial charge in [-0.2, -0.15) is 0 Å². The third-order valence-electron chi connectivity index (χ3n) is 2.87. The summed E-state index contributed by atoms with van der Waals surface area (Å²) in [5, 5.41) is 0. The van der Waals surface area contributed by atoms with Gasteiger partial charge in [-0.3, -0.25) is 0 Å². The van der Waals surface area contributed by atoms with Crippen LogP contribution in [0.1, 0.15) is 30.7 Å². The van der Waals surface area contributed by atoms with Crippen molar-refractivity contribution >= 4 is 17.1 Å². The SMILES string of the molecule is Nc1ccc(N)c(C2CCC2)c1N. The van der Waals surface area contributed by atoms with Gasteiger partial charge in [0.1, 0.15) is 0 Å². The van der Waals surface area contributed by atoms with Crippen molar-refractivity contribution in [2.24, 2.45) is 0 Å². The maximum atomic E-state index is 5.89. The van der Waals surface area contributed by atoms with Gasteiger partial charge in [0.25, 0.3) is 0 Å². The Balaban J connectivity index is 2.46. The quantitative estimate of drug-likeness (QED) is 0.571. The van der Waals surface area contributed by atoms with Gasteiger partial charge < -0.3 is 17.2 Å². The summed E-state index contributed by atoms with van der Waals surface area (Å²) in [6.45, 7) is 0. The average molecular weight is 177 g/mol. The van der Waals surface area contributed by atoms with Crippen LogP contribution in [-0.2, 0) is 0 Å². The number of rotatable bonds is 1. The predicted molar refractivity (Wildman–Crippen MR) is 56.3 cm³/mol. The first kappa shape index (κ1) is 8.23. The van der Waals surface area contributed by atoms with E-state index >= 15 is 0 Å². The molecular formula is C10H15N3. The molecule has 0 bridgehead atoms. The Morgan fingerprint density at radius 2 is 1.62 bits per heavy atom. The first-order valence-corrected chi connectivity index (χ1v) is 4.63. The van der Waals surface area contributed by atoms with Crippen molar-refractivity contribution in [1.82, 2.24) is 0 Å². The van der Waals surface area contributed by atoms with Crippen molar-refractivity contribution in [1.29, 1.82) is 0 Å². The van der Waals surface area contributed by atoms with Crippen LogP contribution in [0, 0.1) is 0 Å². The minimum atomic E-state index is 0.545. The molecule has 6 N–H and O–H groups in total. The molecule has 0 atom stereocenters. The van der Waals surface area contributed by atoms with E-state index in [9.17, 15) is 0 Å². The number of benzene rings is 1. The number of anilines is 3. The highest BCUT2D eigenvalue weighted by Crippen LogP contribution is 2.43. The lowest BCUT2D eigenvalue weighted by atomic mass is 9.78. The fourth-order valence-electron chi connectivity index (χ4n) is 1.82. The second kappa shape index (κ2) is 2.83. The number of nitrogen functional groups attached to an aromatic ring is 3. The van der Waals surface area contributed by atoms with Crippen LogP contribution in [0.25, 0.3) is 0 Å². The van der Waals surface area contributed by atoms with E-state index in [0.717, 1.165) is 11.3 Å². The molecular weight excluding hydrogens is 162 g/mol. The molecule has 70 valence electrons. The summed E-state index contributed by atoms with van der Waals surface area (Å²) in [6.07, 6.45) is 3.66. The third kappa shape index (κ3) is 1.20. The van der Waals surface area contributed by atoms with Gasteiger partial charge >= 0.3 is 0 Å². The molecule has 0 radical (unpaired) electrons. The molecule has 0 heterocycles. The highest BCUT2D eigenvalue weighted by molar-refractivity contribution is 5.75. The van der Waals surface area contributed by atoms with Crippen molar-refractivity contribution in [3.05, 3.63) is 17.7 Å². The number of hydrogen-bond donors (Lipinski definition) is 3. The van der Waals surface area contributed by atoms with E-state index in [1.807, 2.05) is 6.07 Å². The summed E-state index contributed by atoms with van der Waals surface area (Å²) in [7, 11) is 0. The van der Waals surface area contributed by atoms with Crippen molar-refractivity contribution < 1.29 is 0 Å². The van der Waals surface area contributed by atoms with E-state index in [4.69, 9.17) is 17.2 Å². The monoisotopic (exact) mass is 177 g/mol. The summed E-state index contributed by atoms with van der Waals surface area (Å²) in [6, 6.07) is 3.62. The van der Waals surface area contributed by atoms with E-state index < -0.39 is 0 Å². The first-order chi connectivity index (χ1) is 6.20. The van der Waals surface area contributed by atoms with Crippen molar-refractivity contribution in [3.63, 3.8) is 0 Å². The molecule has 1 saturated carbocycles. The van der Waals surface area contributed by atoms with Gasteiger partial charge in [-0.15, -0.1) is 0 Å². The van der Waals surface area contributed by atoms with Gasteiger partial charge in [0.15, 0.2) is 0 Å². The Bertz CT molecular complexity index is 329. The lowest BCUT2D eigenvalue weighted by molar-refractivity contribution is 0.422. The lowest BCUT2D eigenvalue weighted by Crippen LogP contribution is -2.14. The Morgan fingerprint density at radius 1 is 1.00 bits per heavy atom. The van der Waals surface area contributed by atoms with Crippen LogP contribution in [0.3, 0.4) is 0 Å². The average Bonchev–Trinajstić information content (AvgIpc) is 2.02. The molecule has 2 rings (SSSR count). The lowest BCUT2D eigenvalue weighted by Gasteiger charge is -2.28. The summed E-state index contributed by atoms with van der Waals surface area (Å²) in [5.74, 6) is 0.545. The molecule has 1 aromatic rings. The summed E-state index contributed by atoms with van der Waals surface area (Å²) in [4.78, 5) is 0. The Labute approximate surface area is 77.9 Å². The zero-order valence-electron chi connectivity index (χ0n) is 7.59. The first-order valence-electron chi connectivity index (χ1n) is 4.63. The zero-order valence-corrected chi connectivity index (χ0v) is 7.59. The summed E-state index contributed by atoms with van der Waals surface area (Å²) in [5.41, 5.74) is 20.7. The standard InChI is InChI=1S/C10H15N3/c11-7-4-5-8(12)10(13)9(7)6-2-1-3-6/h4-6H,1-3,11-13H2. The van der Waals surface area contributed by atoms with Gasteiger partial charge in [-0.25, -0.2) is 0 Å². The van der Waals surface area contributed by atoms with E-state index in [1.54, 1.807) is 6.07 Å². The smallest absolute Gasteiger partial charge is 0.0603 e. The van der Waals surface area contributed by atoms with Crippen molar-refractivity contribution in [2.45, 2.75) is 25.2 Å². The zero-order chi connectivity index (χ0) is 9.42. The van der Waals surface area contributed by atoms with Crippen LogP contribution < -0.4 is 17.2 Å². The van der Waals surface area contributed by atoms with E-state index in [2.05, 4.69) is 0 Å². The van der Waals surface area contributed by atoms with E-state index in [0.29, 0.717) is 17.3 Å². The fourth-order valence-corrected chi connectivity index (χ4v) is 1.82. The minimum absolute atomic E-state index is 0.545. The number of nitrogens with two attached hydrogens (primary N) is 3. The maximum Gasteiger partial charge on any atom is 0.0603 e. The summed E-state index contributed by atoms with van der Waals surface area (Å²) >= 11 is 0. The summed E-state index contributed by atoms with van der Waals surface area (Å²) < 4.78 is 0. The molecule has 3 nitrogen and oxygen atoms in total. The Kier molecular flexibility index (Phi) is 1.79. The molecule has 13 heavy (non-hydrogen) atoms. The normalized spacial score (nSPS) is 16.9. The van der Waals surface area contributed by atoms with E-state index in [1.165, 1.54) is 19.3 Å². The molecule has 0 unspecified atom stereocenters. The Morgan fingerprint density at radius 3 is 2.15 bits per heavy atom. The third-order valence-corrected chi connectivity index (χ3v) is 2.87. The highest BCUT2D eigenvalue weighted by Gasteiger charge is 2.24. The topological polar surface area (TPSA) is 78.1 Å². The van der Waals surface area contributed by atoms with Gasteiger partial charge in [0.2, 0.25) is 0 Å². The largest absolute Gasteiger partial charge is 0.398 e. The molecule has 1 aliphatic rings. The second-order valence-electron chi connectivity index (χ2n) is 3.70. The predicted octanol–water partition coefficient (Wildman–Crippen LogP) is 1.70. The molecule has 0 spiro atoms. The molecule has 0 amide bonds. The van der Waals surface area contributed by atoms with Crippen LogP contribution in [0.2, 0.25) is 0 Å². The van der Waals surface area contributed by atoms with Gasteiger partial charge in [-0.05, 0) is 30.9 Å². The van der Waals surface area contributed by atoms with Gasteiger partial charge in [0.05, 0.1) is 11.4 Å². The molecule has 0 aliphatic heterocycles. The minimum Gasteiger partial charge on any atom is -0.398 e. The maximum absolute atomic E-state index is 5.89. The van der Waals surface area contributed by atoms with E-state index in [-0.39, 0.29) is 0 Å². The molecule has 0 aromatic heterocycles. The van der Waals surface area contributed by atoms with Crippen LogP contribution in [0.5, 0.6) is 0 Å². The van der Waals surface area contributed by atoms with Gasteiger partial charge in [-0.1, -0.05) is 6.42 Å². The van der Waals surface area contributed by atoms with Crippen LogP contribution in [0.4, 0.5) is 17.1 Å². The number of hydrogen-bond acceptors (Lipinski definition) is 3. The molecule has 0 saturated heterocycles. The Hall–Kier alpha value is -1.38. The van der Waals surface area contributed by atoms with Crippen LogP contribution >= 0.6 is 0 Å². The fraction of sp³-hybridized carbons (Fsp3) is 0.400. The van der Waals surface area contributed by atoms with Crippen LogP contribution in [-0.4, -0.2) is 0 Å². The van der Waals surface area contributed by atoms with Gasteiger partial charge in [0, 0.05) is 11.3 Å². The molecule has 1 aliphatic carbocycles. The second-order valence-corrected chi connectivity index (χ2v) is 3.70. The molecule has 3 heteroatoms. The van der Waals surface area contributed by atoms with Crippen LogP contribution in [0.15, 0.2) is 12.1 Å². The molecule has 1 fully saturated rings. The van der Waals surface area contributed by atoms with Crippen molar-refractivity contribution in [3.8, 4) is 0 Å². The molecule has 1 aromatic carbocycles.